The molecule has 0 radical (unpaired) electrons. The number of aromatic nitrogens is 2. The number of ether oxygens (including phenoxy) is 2. The highest BCUT2D eigenvalue weighted by Crippen LogP contribution is 2.42. The lowest BCUT2D eigenvalue weighted by Gasteiger charge is -2.26. The van der Waals surface area contributed by atoms with Gasteiger partial charge in [0, 0.05) is 12.7 Å². The zero-order chi connectivity index (χ0) is 26.0. The average molecular weight is 493 g/mol. The van der Waals surface area contributed by atoms with Crippen LogP contribution in [0.15, 0.2) is 48.2 Å². The molecule has 190 valence electrons. The fraction of sp³-hybridized carbons (Fsp3) is 0.370. The first-order valence-electron chi connectivity index (χ1n) is 12.0. The molecule has 0 saturated carbocycles. The second-order valence-electron chi connectivity index (χ2n) is 8.97. The maximum Gasteiger partial charge on any atom is 0.295 e. The number of rotatable bonds is 9. The number of benzene rings is 1. The molecule has 2 aromatic heterocycles. The summed E-state index contributed by atoms with van der Waals surface area (Å²) < 4.78 is 12.9. The molecule has 36 heavy (non-hydrogen) atoms. The summed E-state index contributed by atoms with van der Waals surface area (Å²) in [5, 5.41) is 11.6. The Labute approximate surface area is 210 Å². The molecule has 1 aliphatic rings. The van der Waals surface area contributed by atoms with Crippen LogP contribution in [-0.2, 0) is 9.59 Å². The van der Waals surface area contributed by atoms with Crippen LogP contribution in [0.5, 0.6) is 11.5 Å². The first-order chi connectivity index (χ1) is 17.3. The number of carbonyl (C=O) groups is 2. The first-order valence-corrected chi connectivity index (χ1v) is 12.0. The molecular formula is C27H32N4O5. The number of aliphatic hydroxyl groups excluding tert-OH is 1. The van der Waals surface area contributed by atoms with Gasteiger partial charge in [-0.25, -0.2) is 4.98 Å². The van der Waals surface area contributed by atoms with Crippen LogP contribution in [0.2, 0.25) is 0 Å². The summed E-state index contributed by atoms with van der Waals surface area (Å²) in [5.74, 6) is -0.567. The van der Waals surface area contributed by atoms with Gasteiger partial charge < -0.3 is 24.4 Å². The fourth-order valence-electron chi connectivity index (χ4n) is 4.67. The van der Waals surface area contributed by atoms with Crippen molar-refractivity contribution >= 4 is 23.1 Å². The molecule has 3 aromatic rings. The quantitative estimate of drug-likeness (QED) is 0.278. The highest BCUT2D eigenvalue weighted by molar-refractivity contribution is 6.46. The van der Waals surface area contributed by atoms with Crippen LogP contribution in [0.3, 0.4) is 0 Å². The summed E-state index contributed by atoms with van der Waals surface area (Å²) in [6.07, 6.45) is 2.44. The van der Waals surface area contributed by atoms with Gasteiger partial charge in [-0.2, -0.15) is 0 Å². The van der Waals surface area contributed by atoms with Gasteiger partial charge >= 0.3 is 0 Å². The standard InChI is InChI=1S/C27H32N4O5/c1-6-36-19-12-11-18(16-20(19)35-5)24-22(26(33)27(34)31(24)15-9-13-29(3)4)25(32)23-17(2)28-21-10-7-8-14-30(21)23/h7-8,10-12,14,16,24,32H,6,9,13,15H2,1-5H3. The van der Waals surface area contributed by atoms with Crippen molar-refractivity contribution in [2.75, 3.05) is 40.9 Å². The van der Waals surface area contributed by atoms with E-state index < -0.39 is 17.7 Å². The van der Waals surface area contributed by atoms with E-state index in [9.17, 15) is 14.7 Å². The lowest BCUT2D eigenvalue weighted by Crippen LogP contribution is -2.32. The molecule has 3 heterocycles. The van der Waals surface area contributed by atoms with Crippen molar-refractivity contribution in [3.05, 3.63) is 65.1 Å². The SMILES string of the molecule is CCOc1ccc(C2C(=C(O)c3c(C)nc4ccccn34)C(=O)C(=O)N2CCCN(C)C)cc1OC. The van der Waals surface area contributed by atoms with Gasteiger partial charge in [0.2, 0.25) is 0 Å². The number of imidazole rings is 1. The Bertz CT molecular complexity index is 1330. The van der Waals surface area contributed by atoms with E-state index in [1.54, 1.807) is 35.7 Å². The fourth-order valence-corrected chi connectivity index (χ4v) is 4.67. The van der Waals surface area contributed by atoms with Crippen LogP contribution in [0, 0.1) is 6.92 Å². The van der Waals surface area contributed by atoms with Gasteiger partial charge in [0.05, 0.1) is 31.0 Å². The zero-order valence-corrected chi connectivity index (χ0v) is 21.3. The topological polar surface area (TPSA) is 96.6 Å². The van der Waals surface area contributed by atoms with Crippen molar-refractivity contribution in [1.82, 2.24) is 19.2 Å². The smallest absolute Gasteiger partial charge is 0.295 e. The molecule has 9 heteroatoms. The van der Waals surface area contributed by atoms with E-state index in [-0.39, 0.29) is 11.3 Å². The van der Waals surface area contributed by atoms with Crippen molar-refractivity contribution in [2.45, 2.75) is 26.3 Å². The Morgan fingerprint density at radius 1 is 1.17 bits per heavy atom. The number of aryl methyl sites for hydroxylation is 1. The number of pyridine rings is 1. The molecule has 1 fully saturated rings. The predicted molar refractivity (Wildman–Crippen MR) is 136 cm³/mol. The van der Waals surface area contributed by atoms with Crippen molar-refractivity contribution in [2.24, 2.45) is 0 Å². The molecule has 4 rings (SSSR count). The zero-order valence-electron chi connectivity index (χ0n) is 21.3. The Morgan fingerprint density at radius 2 is 1.94 bits per heavy atom. The Balaban J connectivity index is 1.89. The van der Waals surface area contributed by atoms with Gasteiger partial charge in [0.1, 0.15) is 11.3 Å². The minimum atomic E-state index is -0.787. The number of aliphatic hydroxyl groups is 1. The molecule has 1 atom stereocenters. The molecule has 0 bridgehead atoms. The second kappa shape index (κ2) is 10.4. The third-order valence-corrected chi connectivity index (χ3v) is 6.28. The van der Waals surface area contributed by atoms with Gasteiger partial charge in [-0.05, 0) is 70.7 Å². The van der Waals surface area contributed by atoms with E-state index >= 15 is 0 Å². The summed E-state index contributed by atoms with van der Waals surface area (Å²) in [6.45, 7) is 5.21. The minimum absolute atomic E-state index is 0.0322. The highest BCUT2D eigenvalue weighted by Gasteiger charge is 2.46. The molecule has 0 spiro atoms. The van der Waals surface area contributed by atoms with E-state index in [0.29, 0.717) is 53.7 Å². The largest absolute Gasteiger partial charge is 0.505 e. The van der Waals surface area contributed by atoms with E-state index in [1.165, 1.54) is 12.0 Å². The molecular weight excluding hydrogens is 460 g/mol. The summed E-state index contributed by atoms with van der Waals surface area (Å²) in [6, 6.07) is 10.0. The van der Waals surface area contributed by atoms with Crippen LogP contribution in [0.1, 0.15) is 36.3 Å². The van der Waals surface area contributed by atoms with E-state index in [2.05, 4.69) is 4.98 Å². The van der Waals surface area contributed by atoms with Crippen molar-refractivity contribution in [1.29, 1.82) is 0 Å². The number of hydrogen-bond donors (Lipinski definition) is 1. The molecule has 1 amide bonds. The Kier molecular flexibility index (Phi) is 7.30. The van der Waals surface area contributed by atoms with E-state index in [0.717, 1.165) is 6.54 Å². The average Bonchev–Trinajstić information content (AvgIpc) is 3.32. The second-order valence-corrected chi connectivity index (χ2v) is 8.97. The lowest BCUT2D eigenvalue weighted by atomic mass is 9.95. The molecule has 0 aliphatic carbocycles. The first kappa shape index (κ1) is 25.2. The number of carbonyl (C=O) groups excluding carboxylic acids is 2. The summed E-state index contributed by atoms with van der Waals surface area (Å²) in [7, 11) is 5.45. The van der Waals surface area contributed by atoms with Crippen LogP contribution in [0.25, 0.3) is 11.4 Å². The van der Waals surface area contributed by atoms with Gasteiger partial charge in [-0.15, -0.1) is 0 Å². The minimum Gasteiger partial charge on any atom is -0.505 e. The third-order valence-electron chi connectivity index (χ3n) is 6.28. The monoisotopic (exact) mass is 492 g/mol. The van der Waals surface area contributed by atoms with Gasteiger partial charge in [-0.3, -0.25) is 14.0 Å². The van der Waals surface area contributed by atoms with E-state index in [4.69, 9.17) is 9.47 Å². The molecule has 1 saturated heterocycles. The Hall–Kier alpha value is -3.85. The Morgan fingerprint density at radius 3 is 2.64 bits per heavy atom. The van der Waals surface area contributed by atoms with Crippen LogP contribution in [0.4, 0.5) is 0 Å². The third kappa shape index (κ3) is 4.54. The maximum atomic E-state index is 13.4. The molecule has 1 aliphatic heterocycles. The van der Waals surface area contributed by atoms with Gasteiger partial charge in [0.25, 0.3) is 11.7 Å². The van der Waals surface area contributed by atoms with Crippen LogP contribution in [-0.4, -0.2) is 76.9 Å². The number of nitrogens with zero attached hydrogens (tertiary/aromatic N) is 4. The molecule has 1 N–H and O–H groups in total. The number of amides is 1. The number of methoxy groups -OCH3 is 1. The number of ketones is 1. The lowest BCUT2D eigenvalue weighted by molar-refractivity contribution is -0.139. The van der Waals surface area contributed by atoms with Gasteiger partial charge in [-0.1, -0.05) is 12.1 Å². The summed E-state index contributed by atoms with van der Waals surface area (Å²) >= 11 is 0. The summed E-state index contributed by atoms with van der Waals surface area (Å²) in [5.41, 5.74) is 2.26. The number of Topliss-reactive ketones (excluding diaryl/α,β-unsaturated/α-hetero) is 1. The molecule has 9 nitrogen and oxygen atoms in total. The highest BCUT2D eigenvalue weighted by atomic mass is 16.5. The molecule has 1 unspecified atom stereocenters. The van der Waals surface area contributed by atoms with E-state index in [1.807, 2.05) is 44.1 Å². The van der Waals surface area contributed by atoms with Crippen molar-refractivity contribution < 1.29 is 24.2 Å². The van der Waals surface area contributed by atoms with Crippen molar-refractivity contribution in [3.8, 4) is 11.5 Å². The predicted octanol–water partition coefficient (Wildman–Crippen LogP) is 3.42. The normalized spacial score (nSPS) is 17.4. The number of hydrogen-bond acceptors (Lipinski definition) is 7. The van der Waals surface area contributed by atoms with Gasteiger partial charge in [0.15, 0.2) is 17.3 Å². The maximum absolute atomic E-state index is 13.4. The number of likely N-dealkylation sites (tertiary alicyclic amines) is 1. The van der Waals surface area contributed by atoms with Crippen LogP contribution < -0.4 is 9.47 Å². The van der Waals surface area contributed by atoms with Crippen molar-refractivity contribution in [3.63, 3.8) is 0 Å². The number of fused-ring (bicyclic) bond motifs is 1. The van der Waals surface area contributed by atoms with Crippen LogP contribution >= 0.6 is 0 Å². The summed E-state index contributed by atoms with van der Waals surface area (Å²) in [4.78, 5) is 34.7. The molecule has 1 aromatic carbocycles.